The molecule has 0 spiro atoms. The Morgan fingerprint density at radius 3 is 2.17 bits per heavy atom. The maximum absolute atomic E-state index is 13.8. The van der Waals surface area contributed by atoms with Crippen molar-refractivity contribution in [3.8, 4) is 28.7 Å². The lowest BCUT2D eigenvalue weighted by molar-refractivity contribution is -0.275. The van der Waals surface area contributed by atoms with Crippen LogP contribution in [0.3, 0.4) is 0 Å². The molecule has 0 radical (unpaired) electrons. The Hall–Kier alpha value is -3.26. The topological polar surface area (TPSA) is 9.23 Å². The van der Waals surface area contributed by atoms with Gasteiger partial charge in [-0.1, -0.05) is 49.5 Å². The molecule has 0 saturated heterocycles. The van der Waals surface area contributed by atoms with Gasteiger partial charge in [-0.2, -0.15) is 0 Å². The van der Waals surface area contributed by atoms with Crippen LogP contribution < -0.4 is 4.74 Å². The predicted molar refractivity (Wildman–Crippen MR) is 108 cm³/mol. The molecule has 1 aliphatic rings. The van der Waals surface area contributed by atoms with E-state index in [9.17, 15) is 17.6 Å². The van der Waals surface area contributed by atoms with Gasteiger partial charge in [0.1, 0.15) is 0 Å². The van der Waals surface area contributed by atoms with Crippen LogP contribution in [0.15, 0.2) is 54.6 Å². The summed E-state index contributed by atoms with van der Waals surface area (Å²) in [4.78, 5) is 0. The number of hydrogen-bond acceptors (Lipinski definition) is 1. The van der Waals surface area contributed by atoms with Crippen LogP contribution in [0.2, 0.25) is 0 Å². The molecule has 1 aliphatic carbocycles. The van der Waals surface area contributed by atoms with Gasteiger partial charge >= 0.3 is 6.36 Å². The lowest BCUT2D eigenvalue weighted by Crippen LogP contribution is -2.17. The summed E-state index contributed by atoms with van der Waals surface area (Å²) in [7, 11) is 0. The van der Waals surface area contributed by atoms with E-state index in [1.54, 1.807) is 0 Å². The highest BCUT2D eigenvalue weighted by Crippen LogP contribution is 2.37. The van der Waals surface area contributed by atoms with Gasteiger partial charge in [-0.25, -0.2) is 4.39 Å². The van der Waals surface area contributed by atoms with E-state index in [1.165, 1.54) is 33.9 Å². The van der Waals surface area contributed by atoms with Crippen LogP contribution in [0.5, 0.6) is 5.75 Å². The van der Waals surface area contributed by atoms with Crippen LogP contribution in [0.4, 0.5) is 17.6 Å². The van der Waals surface area contributed by atoms with E-state index < -0.39 is 17.9 Å². The number of aryl methyl sites for hydroxylation is 1. The fourth-order valence-corrected chi connectivity index (χ4v) is 3.72. The van der Waals surface area contributed by atoms with Crippen molar-refractivity contribution in [2.45, 2.75) is 32.5 Å². The average Bonchev–Trinajstić information content (AvgIpc) is 3.04. The first kappa shape index (κ1) is 20.0. The summed E-state index contributed by atoms with van der Waals surface area (Å²) in [5.74, 6) is 3.79. The third-order valence-corrected chi connectivity index (χ3v) is 4.99. The molecule has 0 unspecified atom stereocenters. The standard InChI is InChI=1S/C25H18F4O/c1-2-3-16-6-9-21-19(12-16)15-20-13-17(7-10-22(20)21)4-5-18-8-11-24(23(26)14-18)30-25(27,28)29/h6-14H,2-3,15H2,1H3. The van der Waals surface area contributed by atoms with E-state index in [2.05, 4.69) is 41.7 Å². The minimum absolute atomic E-state index is 0.273. The number of rotatable bonds is 3. The number of fused-ring (bicyclic) bond motifs is 3. The Bertz CT molecular complexity index is 1170. The molecule has 3 aromatic rings. The zero-order valence-electron chi connectivity index (χ0n) is 16.2. The quantitative estimate of drug-likeness (QED) is 0.271. The highest BCUT2D eigenvalue weighted by molar-refractivity contribution is 5.77. The highest BCUT2D eigenvalue weighted by atomic mass is 19.4. The van der Waals surface area contributed by atoms with Crippen molar-refractivity contribution >= 4 is 0 Å². The fourth-order valence-electron chi connectivity index (χ4n) is 3.72. The molecule has 1 nitrogen and oxygen atoms in total. The average molecular weight is 410 g/mol. The van der Waals surface area contributed by atoms with Gasteiger partial charge in [0.15, 0.2) is 11.6 Å². The van der Waals surface area contributed by atoms with Crippen molar-refractivity contribution in [3.63, 3.8) is 0 Å². The molecular formula is C25H18F4O. The fraction of sp³-hybridized carbons (Fsp3) is 0.200. The maximum atomic E-state index is 13.8. The molecular weight excluding hydrogens is 392 g/mol. The van der Waals surface area contributed by atoms with Gasteiger partial charge in [0, 0.05) is 11.1 Å². The molecule has 0 heterocycles. The Morgan fingerprint density at radius 1 is 0.867 bits per heavy atom. The largest absolute Gasteiger partial charge is 0.573 e. The molecule has 0 atom stereocenters. The van der Waals surface area contributed by atoms with Gasteiger partial charge in [-0.05, 0) is 71.0 Å². The van der Waals surface area contributed by atoms with E-state index in [-0.39, 0.29) is 5.56 Å². The van der Waals surface area contributed by atoms with Crippen LogP contribution in [0.25, 0.3) is 11.1 Å². The van der Waals surface area contributed by atoms with Crippen molar-refractivity contribution in [2.75, 3.05) is 0 Å². The molecule has 30 heavy (non-hydrogen) atoms. The molecule has 5 heteroatoms. The second-order valence-corrected chi connectivity index (χ2v) is 7.23. The summed E-state index contributed by atoms with van der Waals surface area (Å²) in [5.41, 5.74) is 7.31. The second-order valence-electron chi connectivity index (χ2n) is 7.23. The monoisotopic (exact) mass is 410 g/mol. The first-order valence-electron chi connectivity index (χ1n) is 9.65. The van der Waals surface area contributed by atoms with Gasteiger partial charge in [-0.15, -0.1) is 13.2 Å². The summed E-state index contributed by atoms with van der Waals surface area (Å²) < 4.78 is 54.2. The zero-order chi connectivity index (χ0) is 21.3. The molecule has 0 aromatic heterocycles. The molecule has 0 aliphatic heterocycles. The number of alkyl halides is 3. The molecule has 0 amide bonds. The summed E-state index contributed by atoms with van der Waals surface area (Å²) in [6.45, 7) is 2.16. The van der Waals surface area contributed by atoms with Gasteiger partial charge in [0.25, 0.3) is 0 Å². The third-order valence-electron chi connectivity index (χ3n) is 4.99. The van der Waals surface area contributed by atoms with Gasteiger partial charge in [-0.3, -0.25) is 0 Å². The molecule has 0 saturated carbocycles. The third kappa shape index (κ3) is 4.33. The molecule has 0 fully saturated rings. The Balaban J connectivity index is 1.55. The van der Waals surface area contributed by atoms with Crippen molar-refractivity contribution in [1.29, 1.82) is 0 Å². The second kappa shape index (κ2) is 7.87. The minimum atomic E-state index is -4.94. The zero-order valence-corrected chi connectivity index (χ0v) is 16.2. The van der Waals surface area contributed by atoms with Crippen molar-refractivity contribution in [2.24, 2.45) is 0 Å². The Morgan fingerprint density at radius 2 is 1.50 bits per heavy atom. The van der Waals surface area contributed by atoms with E-state index in [0.717, 1.165) is 37.0 Å². The SMILES string of the molecule is CCCc1ccc2c(c1)Cc1cc(C#Cc3ccc(OC(F)(F)F)c(F)c3)ccc1-2. The van der Waals surface area contributed by atoms with Crippen LogP contribution >= 0.6 is 0 Å². The Kier molecular flexibility index (Phi) is 5.26. The van der Waals surface area contributed by atoms with E-state index in [4.69, 9.17) is 0 Å². The summed E-state index contributed by atoms with van der Waals surface area (Å²) >= 11 is 0. The highest BCUT2D eigenvalue weighted by Gasteiger charge is 2.32. The smallest absolute Gasteiger partial charge is 0.403 e. The molecule has 3 aromatic carbocycles. The van der Waals surface area contributed by atoms with E-state index in [1.807, 2.05) is 18.2 Å². The van der Waals surface area contributed by atoms with E-state index >= 15 is 0 Å². The van der Waals surface area contributed by atoms with Crippen LogP contribution in [-0.2, 0) is 12.8 Å². The number of benzene rings is 3. The first-order valence-corrected chi connectivity index (χ1v) is 9.65. The lowest BCUT2D eigenvalue weighted by Gasteiger charge is -2.09. The van der Waals surface area contributed by atoms with Crippen LogP contribution in [0, 0.1) is 17.7 Å². The molecule has 0 N–H and O–H groups in total. The van der Waals surface area contributed by atoms with Gasteiger partial charge < -0.3 is 4.74 Å². The van der Waals surface area contributed by atoms with Crippen LogP contribution in [-0.4, -0.2) is 6.36 Å². The summed E-state index contributed by atoms with van der Waals surface area (Å²) in [6.07, 6.45) is -1.93. The van der Waals surface area contributed by atoms with Crippen molar-refractivity contribution in [1.82, 2.24) is 0 Å². The minimum Gasteiger partial charge on any atom is -0.403 e. The maximum Gasteiger partial charge on any atom is 0.573 e. The molecule has 4 rings (SSSR count). The van der Waals surface area contributed by atoms with Gasteiger partial charge in [0.2, 0.25) is 0 Å². The normalized spacial score (nSPS) is 12.0. The van der Waals surface area contributed by atoms with E-state index in [0.29, 0.717) is 0 Å². The van der Waals surface area contributed by atoms with Crippen molar-refractivity contribution < 1.29 is 22.3 Å². The number of halogens is 4. The summed E-state index contributed by atoms with van der Waals surface area (Å²) in [6, 6.07) is 15.7. The van der Waals surface area contributed by atoms with Crippen LogP contribution in [0.1, 0.15) is 41.2 Å². The Labute approximate surface area is 172 Å². The summed E-state index contributed by atoms with van der Waals surface area (Å²) in [5, 5.41) is 0. The molecule has 0 bridgehead atoms. The lowest BCUT2D eigenvalue weighted by atomic mass is 10.0. The predicted octanol–water partition coefficient (Wildman–Crippen LogP) is 6.65. The van der Waals surface area contributed by atoms with Crippen molar-refractivity contribution in [3.05, 3.63) is 88.2 Å². The van der Waals surface area contributed by atoms with Gasteiger partial charge in [0.05, 0.1) is 0 Å². The number of hydrogen-bond donors (Lipinski definition) is 0. The first-order chi connectivity index (χ1) is 14.3. The number of ether oxygens (including phenoxy) is 1. The molecule has 152 valence electrons.